The van der Waals surface area contributed by atoms with Crippen LogP contribution in [0.15, 0.2) is 0 Å². The van der Waals surface area contributed by atoms with Gasteiger partial charge in [-0.3, -0.25) is 5.43 Å². The third kappa shape index (κ3) is 7.07. The van der Waals surface area contributed by atoms with Gasteiger partial charge in [0.25, 0.3) is 0 Å². The van der Waals surface area contributed by atoms with Crippen LogP contribution in [0.4, 0.5) is 4.79 Å². The molecule has 0 heterocycles. The van der Waals surface area contributed by atoms with Crippen LogP contribution in [-0.2, 0) is 0 Å². The Morgan fingerprint density at radius 3 is 2.17 bits per heavy atom. The average molecular weight is 190 g/mol. The molecule has 0 aromatic rings. The van der Waals surface area contributed by atoms with Gasteiger partial charge in [0.05, 0.1) is 0 Å². The van der Waals surface area contributed by atoms with Gasteiger partial charge in [0, 0.05) is 5.54 Å². The Labute approximate surface area is 77.0 Å². The van der Waals surface area contributed by atoms with Crippen LogP contribution in [0.25, 0.3) is 0 Å². The minimum atomic E-state index is -0.365. The Kier molecular flexibility index (Phi) is 3.75. The maximum Gasteiger partial charge on any atom is 0.333 e. The molecular formula is C6H14N4OS. The van der Waals surface area contributed by atoms with Crippen molar-refractivity contribution in [2.24, 2.45) is 5.73 Å². The zero-order chi connectivity index (χ0) is 9.78. The first-order valence-corrected chi connectivity index (χ1v) is 3.86. The second-order valence-corrected chi connectivity index (χ2v) is 3.76. The number of hydrogen-bond donors (Lipinski definition) is 4. The summed E-state index contributed by atoms with van der Waals surface area (Å²) in [7, 11) is 0. The van der Waals surface area contributed by atoms with Crippen LogP contribution in [0, 0.1) is 0 Å². The van der Waals surface area contributed by atoms with Gasteiger partial charge in [-0.25, -0.2) is 10.2 Å². The number of nitrogens with one attached hydrogen (secondary N) is 3. The van der Waals surface area contributed by atoms with E-state index in [1.807, 2.05) is 20.8 Å². The quantitative estimate of drug-likeness (QED) is 0.316. The molecule has 0 aromatic heterocycles. The molecule has 0 aliphatic carbocycles. The zero-order valence-corrected chi connectivity index (χ0v) is 8.21. The van der Waals surface area contributed by atoms with Crippen molar-refractivity contribution in [3.05, 3.63) is 0 Å². The fourth-order valence-electron chi connectivity index (χ4n) is 0.490. The molecule has 12 heavy (non-hydrogen) atoms. The summed E-state index contributed by atoms with van der Waals surface area (Å²) < 4.78 is 0. The number of nitrogens with two attached hydrogens (primary N) is 1. The van der Waals surface area contributed by atoms with Crippen LogP contribution in [0.5, 0.6) is 0 Å². The van der Waals surface area contributed by atoms with Crippen LogP contribution >= 0.6 is 12.2 Å². The SMILES string of the molecule is CC(C)(C)NC(=O)NNC(N)=S. The minimum Gasteiger partial charge on any atom is -0.375 e. The van der Waals surface area contributed by atoms with Crippen molar-refractivity contribution in [2.45, 2.75) is 26.3 Å². The maximum absolute atomic E-state index is 11.0. The van der Waals surface area contributed by atoms with E-state index in [-0.39, 0.29) is 16.7 Å². The fraction of sp³-hybridized carbons (Fsp3) is 0.667. The van der Waals surface area contributed by atoms with Crippen LogP contribution in [0.1, 0.15) is 20.8 Å². The lowest BCUT2D eigenvalue weighted by atomic mass is 10.1. The van der Waals surface area contributed by atoms with Crippen LogP contribution < -0.4 is 21.9 Å². The second-order valence-electron chi connectivity index (χ2n) is 3.32. The topological polar surface area (TPSA) is 79.2 Å². The summed E-state index contributed by atoms with van der Waals surface area (Å²) in [6.45, 7) is 5.61. The molecule has 70 valence electrons. The number of urea groups is 1. The van der Waals surface area contributed by atoms with Crippen molar-refractivity contribution in [1.82, 2.24) is 16.2 Å². The van der Waals surface area contributed by atoms with Gasteiger partial charge in [-0.2, -0.15) is 0 Å². The predicted octanol–water partition coefficient (Wildman–Crippen LogP) is -0.168. The lowest BCUT2D eigenvalue weighted by molar-refractivity contribution is 0.230. The molecule has 0 radical (unpaired) electrons. The largest absolute Gasteiger partial charge is 0.375 e. The average Bonchev–Trinajstić information content (AvgIpc) is 1.79. The molecule has 0 saturated carbocycles. The van der Waals surface area contributed by atoms with E-state index in [0.717, 1.165) is 0 Å². The molecule has 0 aliphatic rings. The first-order valence-electron chi connectivity index (χ1n) is 3.45. The summed E-state index contributed by atoms with van der Waals surface area (Å²) >= 11 is 4.48. The summed E-state index contributed by atoms with van der Waals surface area (Å²) in [4.78, 5) is 11.0. The smallest absolute Gasteiger partial charge is 0.333 e. The molecule has 0 rings (SSSR count). The number of carbonyl (C=O) groups excluding carboxylic acids is 1. The van der Waals surface area contributed by atoms with E-state index in [9.17, 15) is 4.79 Å². The first kappa shape index (κ1) is 11.0. The van der Waals surface area contributed by atoms with Gasteiger partial charge in [-0.05, 0) is 33.0 Å². The van der Waals surface area contributed by atoms with Crippen molar-refractivity contribution in [2.75, 3.05) is 0 Å². The van der Waals surface area contributed by atoms with Gasteiger partial charge < -0.3 is 11.1 Å². The number of carbonyl (C=O) groups is 1. The van der Waals surface area contributed by atoms with Crippen molar-refractivity contribution >= 4 is 23.4 Å². The van der Waals surface area contributed by atoms with E-state index in [4.69, 9.17) is 5.73 Å². The van der Waals surface area contributed by atoms with E-state index >= 15 is 0 Å². The zero-order valence-electron chi connectivity index (χ0n) is 7.39. The van der Waals surface area contributed by atoms with Crippen LogP contribution in [-0.4, -0.2) is 16.7 Å². The van der Waals surface area contributed by atoms with Crippen LogP contribution in [0.2, 0.25) is 0 Å². The normalized spacial score (nSPS) is 10.2. The van der Waals surface area contributed by atoms with Gasteiger partial charge in [0.1, 0.15) is 0 Å². The molecule has 0 saturated heterocycles. The van der Waals surface area contributed by atoms with Gasteiger partial charge in [-0.15, -0.1) is 0 Å². The van der Waals surface area contributed by atoms with Gasteiger partial charge in [0.2, 0.25) is 0 Å². The molecule has 0 atom stereocenters. The molecule has 0 aliphatic heterocycles. The number of rotatable bonds is 0. The Morgan fingerprint density at radius 2 is 1.83 bits per heavy atom. The van der Waals surface area contributed by atoms with Gasteiger partial charge in [-0.1, -0.05) is 0 Å². The summed E-state index contributed by atoms with van der Waals surface area (Å²) in [5, 5.41) is 2.67. The number of hydrogen-bond acceptors (Lipinski definition) is 2. The van der Waals surface area contributed by atoms with Crippen molar-refractivity contribution in [3.8, 4) is 0 Å². The van der Waals surface area contributed by atoms with Crippen molar-refractivity contribution in [1.29, 1.82) is 0 Å². The Morgan fingerprint density at radius 1 is 1.33 bits per heavy atom. The van der Waals surface area contributed by atoms with Crippen molar-refractivity contribution in [3.63, 3.8) is 0 Å². The highest BCUT2D eigenvalue weighted by atomic mass is 32.1. The highest BCUT2D eigenvalue weighted by Gasteiger charge is 2.12. The number of hydrazine groups is 1. The molecular weight excluding hydrogens is 176 g/mol. The summed E-state index contributed by atoms with van der Waals surface area (Å²) in [6.07, 6.45) is 0. The third-order valence-electron chi connectivity index (χ3n) is 0.788. The minimum absolute atomic E-state index is 0.0269. The Bertz CT molecular complexity index is 186. The molecule has 0 unspecified atom stereocenters. The summed E-state index contributed by atoms with van der Waals surface area (Å²) in [5.74, 6) is 0. The summed E-state index contributed by atoms with van der Waals surface area (Å²) in [5.41, 5.74) is 9.39. The monoisotopic (exact) mass is 190 g/mol. The highest BCUT2D eigenvalue weighted by molar-refractivity contribution is 7.80. The van der Waals surface area contributed by atoms with E-state index < -0.39 is 0 Å². The first-order chi connectivity index (χ1) is 5.31. The van der Waals surface area contributed by atoms with E-state index in [1.165, 1.54) is 0 Å². The molecule has 0 bridgehead atoms. The standard InChI is InChI=1S/C6H14N4OS/c1-6(2,3)8-5(11)10-9-4(7)12/h1-3H3,(H3,7,9,12)(H2,8,10,11). The third-order valence-corrected chi connectivity index (χ3v) is 0.890. The van der Waals surface area contributed by atoms with E-state index in [0.29, 0.717) is 0 Å². The molecule has 6 heteroatoms. The maximum atomic E-state index is 11.0. The Hall–Kier alpha value is -1.04. The highest BCUT2D eigenvalue weighted by Crippen LogP contribution is 1.96. The van der Waals surface area contributed by atoms with Crippen LogP contribution in [0.3, 0.4) is 0 Å². The van der Waals surface area contributed by atoms with Gasteiger partial charge in [0.15, 0.2) is 5.11 Å². The summed E-state index contributed by atoms with van der Waals surface area (Å²) in [6, 6.07) is -0.365. The lowest BCUT2D eigenvalue weighted by Crippen LogP contribution is -2.53. The molecule has 5 N–H and O–H groups in total. The van der Waals surface area contributed by atoms with Gasteiger partial charge >= 0.3 is 6.03 Å². The van der Waals surface area contributed by atoms with Crippen molar-refractivity contribution < 1.29 is 4.79 Å². The molecule has 0 aromatic carbocycles. The lowest BCUT2D eigenvalue weighted by Gasteiger charge is -2.20. The Balaban J connectivity index is 3.68. The number of amides is 2. The predicted molar refractivity (Wildman–Crippen MR) is 51.3 cm³/mol. The second kappa shape index (κ2) is 4.10. The molecule has 0 spiro atoms. The fourth-order valence-corrected chi connectivity index (χ4v) is 0.541. The molecule has 2 amide bonds. The van der Waals surface area contributed by atoms with E-state index in [1.54, 1.807) is 0 Å². The molecule has 5 nitrogen and oxygen atoms in total. The molecule has 0 fully saturated rings. The number of thiocarbonyl (C=S) groups is 1. The van der Waals surface area contributed by atoms with E-state index in [2.05, 4.69) is 28.4 Å².